The molecule has 0 aromatic rings. The fraction of sp³-hybridized carbons (Fsp3) is 0.889. The predicted molar refractivity (Wildman–Crippen MR) is 48.4 cm³/mol. The molecule has 0 spiro atoms. The fourth-order valence-electron chi connectivity index (χ4n) is 2.32. The molecule has 4 heteroatoms. The minimum absolute atomic E-state index is 0.0498. The molecule has 2 aliphatic heterocycles. The highest BCUT2D eigenvalue weighted by Crippen LogP contribution is 2.23. The lowest BCUT2D eigenvalue weighted by molar-refractivity contribution is -0.149. The molecular weight excluding hydrogens is 168 g/mol. The first kappa shape index (κ1) is 8.97. The molecule has 2 rings (SSSR count). The molecule has 2 saturated heterocycles. The molecule has 2 aliphatic rings. The summed E-state index contributed by atoms with van der Waals surface area (Å²) in [4.78, 5) is 15.9. The van der Waals surface area contributed by atoms with Gasteiger partial charge >= 0.3 is 5.97 Å². The highest BCUT2D eigenvalue weighted by atomic mass is 16.5. The molecule has 2 fully saturated rings. The highest BCUT2D eigenvalue weighted by molar-refractivity contribution is 5.76. The van der Waals surface area contributed by atoms with Crippen LogP contribution in [0.4, 0.5) is 0 Å². The van der Waals surface area contributed by atoms with Crippen molar-refractivity contribution in [2.75, 3.05) is 33.8 Å². The zero-order valence-electron chi connectivity index (χ0n) is 8.19. The van der Waals surface area contributed by atoms with Gasteiger partial charge in [-0.3, -0.25) is 14.6 Å². The topological polar surface area (TPSA) is 32.8 Å². The molecule has 0 radical (unpaired) electrons. The van der Waals surface area contributed by atoms with Crippen LogP contribution in [0.5, 0.6) is 0 Å². The quantitative estimate of drug-likeness (QED) is 0.517. The summed E-state index contributed by atoms with van der Waals surface area (Å²) in [6.45, 7) is 3.08. The number of rotatable bonds is 1. The lowest BCUT2D eigenvalue weighted by atomic mass is 10.1. The molecule has 74 valence electrons. The molecule has 0 saturated carbocycles. The van der Waals surface area contributed by atoms with Crippen molar-refractivity contribution in [3.05, 3.63) is 0 Å². The number of nitrogens with zero attached hydrogens (tertiary/aromatic N) is 2. The van der Waals surface area contributed by atoms with E-state index in [9.17, 15) is 4.79 Å². The molecule has 3 atom stereocenters. The summed E-state index contributed by atoms with van der Waals surface area (Å²) < 4.78 is 4.78. The van der Waals surface area contributed by atoms with Crippen LogP contribution >= 0.6 is 0 Å². The Hall–Kier alpha value is -0.610. The third-order valence-corrected chi connectivity index (χ3v) is 3.22. The smallest absolute Gasteiger partial charge is 0.324 e. The van der Waals surface area contributed by atoms with E-state index in [4.69, 9.17) is 4.74 Å². The summed E-state index contributed by atoms with van der Waals surface area (Å²) in [6, 6.07) is 0.504. The zero-order chi connectivity index (χ0) is 9.42. The summed E-state index contributed by atoms with van der Waals surface area (Å²) in [7, 11) is 3.48. The average Bonchev–Trinajstić information content (AvgIpc) is 2.55. The Kier molecular flexibility index (Phi) is 2.26. The van der Waals surface area contributed by atoms with Gasteiger partial charge in [0.1, 0.15) is 6.04 Å². The molecule has 0 aromatic heterocycles. The molecule has 4 nitrogen and oxygen atoms in total. The number of carbonyl (C=O) groups excluding carboxylic acids is 1. The Morgan fingerprint density at radius 2 is 2.23 bits per heavy atom. The van der Waals surface area contributed by atoms with Gasteiger partial charge in [-0.1, -0.05) is 0 Å². The van der Waals surface area contributed by atoms with Crippen molar-refractivity contribution in [1.82, 2.24) is 9.80 Å². The number of carbonyl (C=O) groups is 1. The van der Waals surface area contributed by atoms with Gasteiger partial charge in [-0.05, 0) is 20.0 Å². The van der Waals surface area contributed by atoms with Crippen molar-refractivity contribution in [1.29, 1.82) is 0 Å². The van der Waals surface area contributed by atoms with Crippen LogP contribution in [-0.4, -0.2) is 61.6 Å². The van der Waals surface area contributed by atoms with Gasteiger partial charge < -0.3 is 4.74 Å². The van der Waals surface area contributed by atoms with Gasteiger partial charge in [0.25, 0.3) is 0 Å². The van der Waals surface area contributed by atoms with Gasteiger partial charge in [0.05, 0.1) is 7.11 Å². The van der Waals surface area contributed by atoms with E-state index in [-0.39, 0.29) is 12.0 Å². The van der Waals surface area contributed by atoms with Crippen molar-refractivity contribution in [2.45, 2.75) is 18.5 Å². The van der Waals surface area contributed by atoms with Crippen LogP contribution in [0, 0.1) is 0 Å². The van der Waals surface area contributed by atoms with Crippen molar-refractivity contribution < 1.29 is 9.53 Å². The van der Waals surface area contributed by atoms with Gasteiger partial charge in [0.2, 0.25) is 0 Å². The molecule has 3 unspecified atom stereocenters. The minimum atomic E-state index is -0.0981. The average molecular weight is 184 g/mol. The number of hydrogen-bond donors (Lipinski definition) is 0. The van der Waals surface area contributed by atoms with Crippen LogP contribution in [0.2, 0.25) is 0 Å². The summed E-state index contributed by atoms with van der Waals surface area (Å²) >= 11 is 0. The maximum absolute atomic E-state index is 11.4. The second kappa shape index (κ2) is 3.27. The molecule has 2 bridgehead atoms. The minimum Gasteiger partial charge on any atom is -0.468 e. The van der Waals surface area contributed by atoms with Gasteiger partial charge in [-0.15, -0.1) is 0 Å². The molecule has 0 aliphatic carbocycles. The first-order valence-electron chi connectivity index (χ1n) is 4.74. The Morgan fingerprint density at radius 3 is 2.92 bits per heavy atom. The molecule has 0 aromatic carbocycles. The second-order valence-electron chi connectivity index (χ2n) is 3.91. The third kappa shape index (κ3) is 1.44. The largest absolute Gasteiger partial charge is 0.468 e. The molecule has 13 heavy (non-hydrogen) atoms. The highest BCUT2D eigenvalue weighted by Gasteiger charge is 2.40. The lowest BCUT2D eigenvalue weighted by Crippen LogP contribution is -2.55. The van der Waals surface area contributed by atoms with E-state index in [1.54, 1.807) is 0 Å². The van der Waals surface area contributed by atoms with Crippen molar-refractivity contribution in [3.63, 3.8) is 0 Å². The second-order valence-corrected chi connectivity index (χ2v) is 3.91. The van der Waals surface area contributed by atoms with E-state index < -0.39 is 0 Å². The number of likely N-dealkylation sites (N-methyl/N-ethyl adjacent to an activating group) is 1. The first-order chi connectivity index (χ1) is 6.22. The summed E-state index contributed by atoms with van der Waals surface area (Å²) in [5.74, 6) is -0.0981. The molecule has 0 amide bonds. The molecule has 0 N–H and O–H groups in total. The van der Waals surface area contributed by atoms with Crippen LogP contribution in [-0.2, 0) is 9.53 Å². The van der Waals surface area contributed by atoms with Gasteiger partial charge in [0.15, 0.2) is 0 Å². The van der Waals surface area contributed by atoms with Crippen molar-refractivity contribution >= 4 is 5.97 Å². The predicted octanol–water partition coefficient (Wildman–Crippen LogP) is -0.452. The van der Waals surface area contributed by atoms with Gasteiger partial charge in [0, 0.05) is 19.1 Å². The fourth-order valence-corrected chi connectivity index (χ4v) is 2.32. The number of fused-ring (bicyclic) bond motifs is 2. The number of hydrogen-bond acceptors (Lipinski definition) is 4. The Morgan fingerprint density at radius 1 is 1.46 bits per heavy atom. The van der Waals surface area contributed by atoms with Gasteiger partial charge in [-0.2, -0.15) is 0 Å². The first-order valence-corrected chi connectivity index (χ1v) is 4.74. The normalized spacial score (nSPS) is 39.1. The van der Waals surface area contributed by atoms with E-state index in [0.29, 0.717) is 6.04 Å². The maximum Gasteiger partial charge on any atom is 0.324 e. The summed E-state index contributed by atoms with van der Waals surface area (Å²) in [6.07, 6.45) is 1.18. The molecule has 2 heterocycles. The van der Waals surface area contributed by atoms with E-state index >= 15 is 0 Å². The zero-order valence-corrected chi connectivity index (χ0v) is 8.19. The van der Waals surface area contributed by atoms with Crippen LogP contribution in [0.3, 0.4) is 0 Å². The van der Waals surface area contributed by atoms with E-state index in [2.05, 4.69) is 9.80 Å². The molecular formula is C9H16N2O2. The van der Waals surface area contributed by atoms with Crippen LogP contribution in [0.15, 0.2) is 0 Å². The summed E-state index contributed by atoms with van der Waals surface area (Å²) in [5.41, 5.74) is 0. The SMILES string of the molecule is COC(=O)C1CN2CCC(C2)N1C. The number of ether oxygens (including phenoxy) is 1. The van der Waals surface area contributed by atoms with E-state index in [0.717, 1.165) is 19.6 Å². The number of piperazine rings is 1. The Balaban J connectivity index is 2.08. The van der Waals surface area contributed by atoms with Crippen LogP contribution in [0.25, 0.3) is 0 Å². The van der Waals surface area contributed by atoms with Gasteiger partial charge in [-0.25, -0.2) is 0 Å². The lowest BCUT2D eigenvalue weighted by Gasteiger charge is -2.37. The van der Waals surface area contributed by atoms with E-state index in [1.807, 2.05) is 7.05 Å². The van der Waals surface area contributed by atoms with Crippen LogP contribution < -0.4 is 0 Å². The number of methoxy groups -OCH3 is 1. The third-order valence-electron chi connectivity index (χ3n) is 3.22. The van der Waals surface area contributed by atoms with E-state index in [1.165, 1.54) is 13.5 Å². The van der Waals surface area contributed by atoms with Crippen molar-refractivity contribution in [2.24, 2.45) is 0 Å². The monoisotopic (exact) mass is 184 g/mol. The standard InChI is InChI=1S/C9H16N2O2/c1-10-7-3-4-11(5-7)6-8(10)9(12)13-2/h7-8H,3-6H2,1-2H3. The van der Waals surface area contributed by atoms with Crippen molar-refractivity contribution in [3.8, 4) is 0 Å². The summed E-state index contributed by atoms with van der Waals surface area (Å²) in [5, 5.41) is 0. The van der Waals surface area contributed by atoms with Crippen LogP contribution in [0.1, 0.15) is 6.42 Å². The maximum atomic E-state index is 11.4. The Bertz CT molecular complexity index is 220. The Labute approximate surface area is 78.4 Å². The number of esters is 1.